The minimum Gasteiger partial charge on any atom is -0.465 e. The van der Waals surface area contributed by atoms with Gasteiger partial charge in [0.05, 0.1) is 18.4 Å². The molecule has 0 aliphatic carbocycles. The van der Waals surface area contributed by atoms with Crippen LogP contribution in [0.2, 0.25) is 0 Å². The molecule has 0 unspecified atom stereocenters. The Morgan fingerprint density at radius 3 is 3.00 bits per heavy atom. The molecule has 5 nitrogen and oxygen atoms in total. The topological polar surface area (TPSA) is 60.1 Å². The van der Waals surface area contributed by atoms with Crippen molar-refractivity contribution in [2.24, 2.45) is 0 Å². The fourth-order valence-electron chi connectivity index (χ4n) is 1.55. The molecule has 0 amide bonds. The van der Waals surface area contributed by atoms with Crippen LogP contribution < -0.4 is 10.9 Å². The molecule has 0 saturated heterocycles. The van der Waals surface area contributed by atoms with Gasteiger partial charge in [-0.1, -0.05) is 5.92 Å². The number of rotatable bonds is 4. The van der Waals surface area contributed by atoms with Gasteiger partial charge in [-0.15, -0.1) is 6.42 Å². The normalized spacial score (nSPS) is 10.2. The zero-order valence-corrected chi connectivity index (χ0v) is 11.9. The van der Waals surface area contributed by atoms with Gasteiger partial charge in [0, 0.05) is 0 Å². The minimum atomic E-state index is -0.265. The summed E-state index contributed by atoms with van der Waals surface area (Å²) in [6.07, 6.45) is 6.72. The van der Waals surface area contributed by atoms with Crippen molar-refractivity contribution in [1.29, 1.82) is 0 Å². The van der Waals surface area contributed by atoms with E-state index in [1.807, 2.05) is 19.1 Å². The molecule has 0 fully saturated rings. The van der Waals surface area contributed by atoms with Gasteiger partial charge in [0.1, 0.15) is 22.5 Å². The predicted molar refractivity (Wildman–Crippen MR) is 75.8 cm³/mol. The maximum absolute atomic E-state index is 11.9. The number of nitrogens with one attached hydrogen (secondary N) is 1. The number of aryl methyl sites for hydroxylation is 1. The first-order valence-corrected chi connectivity index (χ1v) is 6.39. The number of hydrogen-bond donors (Lipinski definition) is 1. The van der Waals surface area contributed by atoms with Gasteiger partial charge in [-0.25, -0.2) is 4.68 Å². The zero-order valence-electron chi connectivity index (χ0n) is 10.3. The van der Waals surface area contributed by atoms with Gasteiger partial charge in [-0.05, 0) is 35.0 Å². The second-order valence-electron chi connectivity index (χ2n) is 3.91. The standard InChI is InChI=1S/C13H12BrN3O2/c1-3-6-17-13(18)12(14)11(8-16-17)15-7-10-5-4-9(2)19-10/h1,4-5,8,15H,6-7H2,2H3. The maximum Gasteiger partial charge on any atom is 0.284 e. The highest BCUT2D eigenvalue weighted by atomic mass is 79.9. The van der Waals surface area contributed by atoms with Crippen LogP contribution in [0.1, 0.15) is 11.5 Å². The van der Waals surface area contributed by atoms with Gasteiger partial charge in [0.25, 0.3) is 5.56 Å². The third kappa shape index (κ3) is 3.06. The first-order chi connectivity index (χ1) is 9.11. The van der Waals surface area contributed by atoms with E-state index in [1.165, 1.54) is 4.68 Å². The molecule has 0 aliphatic heterocycles. The van der Waals surface area contributed by atoms with Crippen LogP contribution in [-0.4, -0.2) is 9.78 Å². The molecular weight excluding hydrogens is 310 g/mol. The van der Waals surface area contributed by atoms with Crippen LogP contribution >= 0.6 is 15.9 Å². The Bertz CT molecular complexity index is 682. The Hall–Kier alpha value is -2.00. The van der Waals surface area contributed by atoms with Gasteiger partial charge in [0.15, 0.2) is 0 Å². The summed E-state index contributed by atoms with van der Waals surface area (Å²) in [6, 6.07) is 3.76. The van der Waals surface area contributed by atoms with Gasteiger partial charge in [-0.3, -0.25) is 4.79 Å². The predicted octanol–water partition coefficient (Wildman–Crippen LogP) is 2.15. The number of anilines is 1. The number of aromatic nitrogens is 2. The van der Waals surface area contributed by atoms with Crippen LogP contribution in [0.25, 0.3) is 0 Å². The molecule has 1 N–H and O–H groups in total. The molecule has 0 atom stereocenters. The fraction of sp³-hybridized carbons (Fsp3) is 0.231. The van der Waals surface area contributed by atoms with E-state index in [1.54, 1.807) is 6.20 Å². The molecule has 0 aliphatic rings. The van der Waals surface area contributed by atoms with E-state index in [2.05, 4.69) is 32.3 Å². The number of halogens is 1. The summed E-state index contributed by atoms with van der Waals surface area (Å²) in [6.45, 7) is 2.50. The van der Waals surface area contributed by atoms with E-state index < -0.39 is 0 Å². The van der Waals surface area contributed by atoms with Crippen LogP contribution in [0.4, 0.5) is 5.69 Å². The van der Waals surface area contributed by atoms with Crippen molar-refractivity contribution in [2.75, 3.05) is 5.32 Å². The lowest BCUT2D eigenvalue weighted by molar-refractivity contribution is 0.490. The number of furan rings is 1. The summed E-state index contributed by atoms with van der Waals surface area (Å²) in [5, 5.41) is 7.07. The van der Waals surface area contributed by atoms with Gasteiger partial charge in [0.2, 0.25) is 0 Å². The summed E-state index contributed by atoms with van der Waals surface area (Å²) < 4.78 is 7.05. The molecule has 2 aromatic rings. The molecule has 2 heterocycles. The summed E-state index contributed by atoms with van der Waals surface area (Å²) >= 11 is 3.24. The van der Waals surface area contributed by atoms with Crippen molar-refractivity contribution in [3.8, 4) is 12.3 Å². The summed E-state index contributed by atoms with van der Waals surface area (Å²) in [5.74, 6) is 4.01. The van der Waals surface area contributed by atoms with E-state index in [0.29, 0.717) is 16.7 Å². The second kappa shape index (κ2) is 5.76. The largest absolute Gasteiger partial charge is 0.465 e. The van der Waals surface area contributed by atoms with Crippen LogP contribution in [0, 0.1) is 19.3 Å². The molecule has 0 radical (unpaired) electrons. The maximum atomic E-state index is 11.9. The quantitative estimate of drug-likeness (QED) is 0.877. The SMILES string of the molecule is C#CCn1ncc(NCc2ccc(C)o2)c(Br)c1=O. The Morgan fingerprint density at radius 1 is 1.58 bits per heavy atom. The fourth-order valence-corrected chi connectivity index (χ4v) is 2.00. The molecule has 0 aromatic carbocycles. The lowest BCUT2D eigenvalue weighted by Gasteiger charge is -2.08. The summed E-state index contributed by atoms with van der Waals surface area (Å²) in [5.41, 5.74) is 0.339. The Morgan fingerprint density at radius 2 is 2.37 bits per heavy atom. The minimum absolute atomic E-state index is 0.148. The highest BCUT2D eigenvalue weighted by molar-refractivity contribution is 9.10. The van der Waals surface area contributed by atoms with Crippen molar-refractivity contribution >= 4 is 21.6 Å². The first kappa shape index (κ1) is 13.4. The number of nitrogens with zero attached hydrogens (tertiary/aromatic N) is 2. The molecule has 19 heavy (non-hydrogen) atoms. The van der Waals surface area contributed by atoms with Gasteiger partial charge >= 0.3 is 0 Å². The lowest BCUT2D eigenvalue weighted by Crippen LogP contribution is -2.24. The van der Waals surface area contributed by atoms with Gasteiger partial charge in [-0.2, -0.15) is 5.10 Å². The molecule has 2 aromatic heterocycles. The molecule has 0 spiro atoms. The average Bonchev–Trinajstić information content (AvgIpc) is 2.80. The highest BCUT2D eigenvalue weighted by Crippen LogP contribution is 2.17. The third-order valence-electron chi connectivity index (χ3n) is 2.48. The lowest BCUT2D eigenvalue weighted by atomic mass is 10.4. The summed E-state index contributed by atoms with van der Waals surface area (Å²) in [7, 11) is 0. The van der Waals surface area contributed by atoms with E-state index >= 15 is 0 Å². The van der Waals surface area contributed by atoms with E-state index in [-0.39, 0.29) is 12.1 Å². The van der Waals surface area contributed by atoms with Crippen LogP contribution in [0.3, 0.4) is 0 Å². The van der Waals surface area contributed by atoms with E-state index in [4.69, 9.17) is 10.8 Å². The van der Waals surface area contributed by atoms with E-state index in [9.17, 15) is 4.79 Å². The van der Waals surface area contributed by atoms with Crippen molar-refractivity contribution in [3.63, 3.8) is 0 Å². The van der Waals surface area contributed by atoms with Crippen LogP contribution in [0.15, 0.2) is 32.0 Å². The van der Waals surface area contributed by atoms with Gasteiger partial charge < -0.3 is 9.73 Å². The summed E-state index contributed by atoms with van der Waals surface area (Å²) in [4.78, 5) is 11.9. The van der Waals surface area contributed by atoms with Crippen LogP contribution in [0.5, 0.6) is 0 Å². The Balaban J connectivity index is 2.16. The molecule has 98 valence electrons. The van der Waals surface area contributed by atoms with Crippen molar-refractivity contribution < 1.29 is 4.42 Å². The second-order valence-corrected chi connectivity index (χ2v) is 4.70. The molecule has 6 heteroatoms. The third-order valence-corrected chi connectivity index (χ3v) is 3.24. The highest BCUT2D eigenvalue weighted by Gasteiger charge is 2.08. The molecule has 0 bridgehead atoms. The molecular formula is C13H12BrN3O2. The number of hydrogen-bond acceptors (Lipinski definition) is 4. The van der Waals surface area contributed by atoms with Crippen molar-refractivity contribution in [1.82, 2.24) is 9.78 Å². The average molecular weight is 322 g/mol. The first-order valence-electron chi connectivity index (χ1n) is 5.60. The van der Waals surface area contributed by atoms with Crippen molar-refractivity contribution in [2.45, 2.75) is 20.0 Å². The molecule has 2 rings (SSSR count). The van der Waals surface area contributed by atoms with Crippen LogP contribution in [-0.2, 0) is 13.1 Å². The zero-order chi connectivity index (χ0) is 13.8. The Kier molecular flexibility index (Phi) is 4.07. The monoisotopic (exact) mass is 321 g/mol. The number of terminal acetylenes is 1. The Labute approximate surface area is 118 Å². The smallest absolute Gasteiger partial charge is 0.284 e. The van der Waals surface area contributed by atoms with E-state index in [0.717, 1.165) is 11.5 Å². The molecule has 0 saturated carbocycles. The van der Waals surface area contributed by atoms with Crippen molar-refractivity contribution in [3.05, 3.63) is 44.7 Å².